The number of H-pyrrole nitrogens is 1. The number of benzene rings is 1. The van der Waals surface area contributed by atoms with Crippen molar-refractivity contribution in [1.29, 1.82) is 5.26 Å². The van der Waals surface area contributed by atoms with Gasteiger partial charge in [0.25, 0.3) is 0 Å². The number of nitrogens with one attached hydrogen (secondary N) is 1. The summed E-state index contributed by atoms with van der Waals surface area (Å²) in [5.74, 6) is 1.68. The number of anilines is 1. The van der Waals surface area contributed by atoms with Gasteiger partial charge in [-0.15, -0.1) is 0 Å². The summed E-state index contributed by atoms with van der Waals surface area (Å²) in [4.78, 5) is 15.3. The highest BCUT2D eigenvalue weighted by molar-refractivity contribution is 6.35. The van der Waals surface area contributed by atoms with E-state index in [1.807, 2.05) is 19.1 Å². The molecule has 9 nitrogen and oxygen atoms in total. The van der Waals surface area contributed by atoms with Crippen molar-refractivity contribution in [2.24, 2.45) is 0 Å². The molecule has 0 bridgehead atoms. The van der Waals surface area contributed by atoms with Crippen LogP contribution in [0.4, 0.5) is 5.95 Å². The quantitative estimate of drug-likeness (QED) is 0.325. The third-order valence-corrected chi connectivity index (χ3v) is 6.92. The second-order valence-corrected chi connectivity index (χ2v) is 9.34. The molecule has 1 aliphatic rings. The molecule has 11 heteroatoms. The summed E-state index contributed by atoms with van der Waals surface area (Å²) in [6.07, 6.45) is 8.58. The van der Waals surface area contributed by atoms with Gasteiger partial charge in [0.1, 0.15) is 11.8 Å². The molecule has 1 aliphatic heterocycles. The molecule has 0 amide bonds. The second kappa shape index (κ2) is 10.2. The Kier molecular flexibility index (Phi) is 6.81. The number of methoxy groups -OCH3 is 1. The lowest BCUT2D eigenvalue weighted by atomic mass is 10.1. The van der Waals surface area contributed by atoms with Gasteiger partial charge in [0.05, 0.1) is 35.2 Å². The Hall–Kier alpha value is -3.61. The van der Waals surface area contributed by atoms with E-state index < -0.39 is 6.10 Å². The van der Waals surface area contributed by atoms with E-state index in [0.29, 0.717) is 45.2 Å². The fourth-order valence-electron chi connectivity index (χ4n) is 4.56. The van der Waals surface area contributed by atoms with E-state index >= 15 is 0 Å². The molecule has 0 unspecified atom stereocenters. The Labute approximate surface area is 218 Å². The normalized spacial score (nSPS) is 16.2. The number of hydrogen-bond acceptors (Lipinski definition) is 8. The van der Waals surface area contributed by atoms with Gasteiger partial charge in [-0.25, -0.2) is 9.97 Å². The van der Waals surface area contributed by atoms with Gasteiger partial charge in [0.15, 0.2) is 11.5 Å². The molecule has 4 aromatic rings. The Balaban J connectivity index is 1.47. The Bertz CT molecular complexity index is 1410. The topological polar surface area (TPSA) is 113 Å². The zero-order valence-corrected chi connectivity index (χ0v) is 21.2. The molecule has 184 valence electrons. The number of ether oxygens (including phenoxy) is 2. The SMILES string of the molecule is COc1cc2[nH]nc(-c3cnc(N4CCC[C@@H]4CC#N)nc3)c2cc1O[C@H](C)c1c(Cl)cncc1Cl. The van der Waals surface area contributed by atoms with E-state index in [-0.39, 0.29) is 6.04 Å². The molecule has 4 heterocycles. The summed E-state index contributed by atoms with van der Waals surface area (Å²) in [6, 6.07) is 6.11. The summed E-state index contributed by atoms with van der Waals surface area (Å²) in [7, 11) is 1.58. The van der Waals surface area contributed by atoms with Crippen LogP contribution in [0.1, 0.15) is 37.9 Å². The van der Waals surface area contributed by atoms with Gasteiger partial charge in [-0.3, -0.25) is 10.1 Å². The third kappa shape index (κ3) is 4.50. The number of aromatic amines is 1. The number of halogens is 2. The number of rotatable bonds is 7. The Morgan fingerprint density at radius 2 is 1.92 bits per heavy atom. The van der Waals surface area contributed by atoms with Crippen LogP contribution in [0.15, 0.2) is 36.9 Å². The van der Waals surface area contributed by atoms with E-state index in [0.717, 1.165) is 35.9 Å². The second-order valence-electron chi connectivity index (χ2n) is 8.52. The molecule has 2 atom stereocenters. The molecule has 3 aromatic heterocycles. The summed E-state index contributed by atoms with van der Waals surface area (Å²) < 4.78 is 11.8. The third-order valence-electron chi connectivity index (χ3n) is 6.32. The first kappa shape index (κ1) is 24.1. The van der Waals surface area contributed by atoms with E-state index in [4.69, 9.17) is 37.9 Å². The van der Waals surface area contributed by atoms with Crippen molar-refractivity contribution in [3.63, 3.8) is 0 Å². The minimum absolute atomic E-state index is 0.156. The van der Waals surface area contributed by atoms with Gasteiger partial charge in [-0.2, -0.15) is 10.4 Å². The molecule has 5 rings (SSSR count). The molecular weight excluding hydrogens is 501 g/mol. The van der Waals surface area contributed by atoms with E-state index in [2.05, 4.69) is 36.1 Å². The Morgan fingerprint density at radius 1 is 1.17 bits per heavy atom. The van der Waals surface area contributed by atoms with Crippen LogP contribution in [-0.2, 0) is 0 Å². The maximum atomic E-state index is 9.10. The largest absolute Gasteiger partial charge is 0.493 e. The van der Waals surface area contributed by atoms with Crippen molar-refractivity contribution in [2.75, 3.05) is 18.6 Å². The fraction of sp³-hybridized carbons (Fsp3) is 0.320. The van der Waals surface area contributed by atoms with Crippen LogP contribution in [0.5, 0.6) is 11.5 Å². The highest BCUT2D eigenvalue weighted by Gasteiger charge is 2.26. The lowest BCUT2D eigenvalue weighted by molar-refractivity contribution is 0.216. The molecule has 0 spiro atoms. The first-order valence-corrected chi connectivity index (χ1v) is 12.2. The standard InChI is InChI=1S/C25H23Cl2N7O2/c1-14(23-18(26)12-29-13-19(23)27)36-22-8-17-20(9-21(22)35-2)32-33-24(17)15-10-30-25(31-11-15)34-7-3-4-16(34)5-6-28/h8-14,16H,3-5,7H2,1-2H3,(H,32,33)/t14-,16-/m1/s1. The predicted molar refractivity (Wildman–Crippen MR) is 138 cm³/mol. The monoisotopic (exact) mass is 523 g/mol. The summed E-state index contributed by atoms with van der Waals surface area (Å²) in [6.45, 7) is 2.71. The average molecular weight is 524 g/mol. The van der Waals surface area contributed by atoms with Crippen LogP contribution in [0.2, 0.25) is 10.0 Å². The zero-order valence-electron chi connectivity index (χ0n) is 19.7. The summed E-state index contributed by atoms with van der Waals surface area (Å²) in [5.41, 5.74) is 2.86. The number of nitriles is 1. The lowest BCUT2D eigenvalue weighted by Gasteiger charge is -2.22. The summed E-state index contributed by atoms with van der Waals surface area (Å²) >= 11 is 12.7. The van der Waals surface area contributed by atoms with Gasteiger partial charge in [-0.1, -0.05) is 23.2 Å². The van der Waals surface area contributed by atoms with Gasteiger partial charge in [0.2, 0.25) is 5.95 Å². The van der Waals surface area contributed by atoms with Crippen LogP contribution in [0.3, 0.4) is 0 Å². The number of hydrogen-bond donors (Lipinski definition) is 1. The molecule has 0 radical (unpaired) electrons. The van der Waals surface area contributed by atoms with Crippen molar-refractivity contribution in [3.05, 3.63) is 52.5 Å². The number of pyridine rings is 1. The number of fused-ring (bicyclic) bond motifs is 1. The Morgan fingerprint density at radius 3 is 2.61 bits per heavy atom. The number of nitrogens with zero attached hydrogens (tertiary/aromatic N) is 6. The van der Waals surface area contributed by atoms with Gasteiger partial charge in [-0.05, 0) is 25.8 Å². The fourth-order valence-corrected chi connectivity index (χ4v) is 5.24. The lowest BCUT2D eigenvalue weighted by Crippen LogP contribution is -2.30. The van der Waals surface area contributed by atoms with Gasteiger partial charge >= 0.3 is 0 Å². The van der Waals surface area contributed by atoms with Crippen LogP contribution in [-0.4, -0.2) is 44.8 Å². The van der Waals surface area contributed by atoms with Crippen LogP contribution < -0.4 is 14.4 Å². The number of aromatic nitrogens is 5. The van der Waals surface area contributed by atoms with Crippen LogP contribution in [0.25, 0.3) is 22.2 Å². The van der Waals surface area contributed by atoms with E-state index in [9.17, 15) is 0 Å². The molecule has 1 fully saturated rings. The molecule has 1 saturated heterocycles. The van der Waals surface area contributed by atoms with Crippen molar-refractivity contribution >= 4 is 40.1 Å². The highest BCUT2D eigenvalue weighted by Crippen LogP contribution is 2.40. The van der Waals surface area contributed by atoms with E-state index in [1.165, 1.54) is 12.4 Å². The minimum atomic E-state index is -0.459. The smallest absolute Gasteiger partial charge is 0.225 e. The first-order chi connectivity index (χ1) is 17.5. The molecule has 0 aliphatic carbocycles. The minimum Gasteiger partial charge on any atom is -0.493 e. The maximum absolute atomic E-state index is 9.10. The molecule has 36 heavy (non-hydrogen) atoms. The van der Waals surface area contributed by atoms with Crippen molar-refractivity contribution < 1.29 is 9.47 Å². The first-order valence-electron chi connectivity index (χ1n) is 11.5. The van der Waals surface area contributed by atoms with Gasteiger partial charge in [0, 0.05) is 60.0 Å². The molecular formula is C25H23Cl2N7O2. The van der Waals surface area contributed by atoms with Crippen molar-refractivity contribution in [2.45, 2.75) is 38.3 Å². The average Bonchev–Trinajstić information content (AvgIpc) is 3.50. The van der Waals surface area contributed by atoms with Crippen molar-refractivity contribution in [3.8, 4) is 28.8 Å². The molecule has 1 N–H and O–H groups in total. The molecule has 1 aromatic carbocycles. The molecule has 0 saturated carbocycles. The van der Waals surface area contributed by atoms with Crippen LogP contribution >= 0.6 is 23.2 Å². The zero-order chi connectivity index (χ0) is 25.2. The maximum Gasteiger partial charge on any atom is 0.225 e. The van der Waals surface area contributed by atoms with Crippen LogP contribution in [0, 0.1) is 11.3 Å². The predicted octanol–water partition coefficient (Wildman–Crippen LogP) is 5.75. The van der Waals surface area contributed by atoms with Crippen molar-refractivity contribution in [1.82, 2.24) is 25.1 Å². The van der Waals surface area contributed by atoms with E-state index in [1.54, 1.807) is 19.5 Å². The summed E-state index contributed by atoms with van der Waals surface area (Å²) in [5, 5.41) is 18.3. The van der Waals surface area contributed by atoms with Gasteiger partial charge < -0.3 is 14.4 Å². The highest BCUT2D eigenvalue weighted by atomic mass is 35.5.